The molecule has 1 fully saturated rings. The number of benzene rings is 1. The zero-order valence-corrected chi connectivity index (χ0v) is 11.5. The van der Waals surface area contributed by atoms with Gasteiger partial charge in [-0.1, -0.05) is 6.07 Å². The Bertz CT molecular complexity index is 405. The Labute approximate surface area is 110 Å². The van der Waals surface area contributed by atoms with E-state index in [1.807, 2.05) is 19.1 Å². The first kappa shape index (κ1) is 12.9. The third kappa shape index (κ3) is 3.21. The van der Waals surface area contributed by atoms with Crippen molar-refractivity contribution in [3.05, 3.63) is 27.7 Å². The predicted octanol–water partition coefficient (Wildman–Crippen LogP) is 2.54. The van der Waals surface area contributed by atoms with Crippen LogP contribution in [-0.4, -0.2) is 18.3 Å². The van der Waals surface area contributed by atoms with Crippen LogP contribution < -0.4 is 10.5 Å². The molecule has 0 amide bonds. The topological polar surface area (TPSA) is 55.5 Å². The number of aliphatic hydroxyl groups is 1. The summed E-state index contributed by atoms with van der Waals surface area (Å²) in [6.07, 6.45) is 2.51. The second-order valence-electron chi connectivity index (χ2n) is 4.71. The quantitative estimate of drug-likeness (QED) is 0.878. The Morgan fingerprint density at radius 3 is 2.82 bits per heavy atom. The summed E-state index contributed by atoms with van der Waals surface area (Å²) in [5.74, 6) is 1.48. The summed E-state index contributed by atoms with van der Waals surface area (Å²) in [5.41, 5.74) is 7.89. The maximum absolute atomic E-state index is 9.19. The molecule has 0 saturated heterocycles. The zero-order valence-electron chi connectivity index (χ0n) is 9.95. The second kappa shape index (κ2) is 5.38. The van der Waals surface area contributed by atoms with Gasteiger partial charge in [-0.15, -0.1) is 0 Å². The number of ether oxygens (including phenoxy) is 1. The fourth-order valence-electron chi connectivity index (χ4n) is 1.77. The summed E-state index contributed by atoms with van der Waals surface area (Å²) >= 11 is 3.50. The lowest BCUT2D eigenvalue weighted by Crippen LogP contribution is -2.17. The summed E-state index contributed by atoms with van der Waals surface area (Å²) in [4.78, 5) is 0. The van der Waals surface area contributed by atoms with Crippen molar-refractivity contribution in [1.82, 2.24) is 0 Å². The van der Waals surface area contributed by atoms with Crippen molar-refractivity contribution in [2.45, 2.75) is 25.8 Å². The van der Waals surface area contributed by atoms with E-state index in [1.165, 1.54) is 12.8 Å². The molecule has 1 aliphatic carbocycles. The van der Waals surface area contributed by atoms with Gasteiger partial charge in [-0.3, -0.25) is 0 Å². The lowest BCUT2D eigenvalue weighted by molar-refractivity contribution is 0.256. The van der Waals surface area contributed by atoms with Crippen LogP contribution in [0.5, 0.6) is 5.75 Å². The largest absolute Gasteiger partial charge is 0.492 e. The smallest absolute Gasteiger partial charge is 0.138 e. The second-order valence-corrected chi connectivity index (χ2v) is 5.56. The van der Waals surface area contributed by atoms with Crippen molar-refractivity contribution in [3.8, 4) is 5.75 Å². The molecule has 0 bridgehead atoms. The summed E-state index contributed by atoms with van der Waals surface area (Å²) in [5, 5.41) is 9.19. The number of halogens is 1. The molecule has 3 nitrogen and oxygen atoms in total. The molecule has 1 aliphatic rings. The Hall–Kier alpha value is -0.580. The highest BCUT2D eigenvalue weighted by Gasteiger charge is 2.23. The van der Waals surface area contributed by atoms with Gasteiger partial charge in [0.2, 0.25) is 0 Å². The van der Waals surface area contributed by atoms with Crippen molar-refractivity contribution >= 4 is 15.9 Å². The van der Waals surface area contributed by atoms with E-state index in [0.717, 1.165) is 28.0 Å². The van der Waals surface area contributed by atoms with Crippen LogP contribution in [0.15, 0.2) is 16.6 Å². The summed E-state index contributed by atoms with van der Waals surface area (Å²) < 4.78 is 6.75. The van der Waals surface area contributed by atoms with Gasteiger partial charge in [0.15, 0.2) is 0 Å². The molecular formula is C13H18BrNO2. The van der Waals surface area contributed by atoms with Gasteiger partial charge in [0, 0.05) is 5.56 Å². The normalized spacial score (nSPS) is 16.9. The molecule has 4 heteroatoms. The van der Waals surface area contributed by atoms with Crippen LogP contribution in [0.3, 0.4) is 0 Å². The van der Waals surface area contributed by atoms with Crippen LogP contribution in [0.4, 0.5) is 0 Å². The molecule has 0 heterocycles. The molecule has 17 heavy (non-hydrogen) atoms. The first-order valence-electron chi connectivity index (χ1n) is 5.91. The highest BCUT2D eigenvalue weighted by atomic mass is 79.9. The first-order valence-corrected chi connectivity index (χ1v) is 6.70. The molecule has 0 aromatic heterocycles. The lowest BCUT2D eigenvalue weighted by atomic mass is 10.0. The van der Waals surface area contributed by atoms with Gasteiger partial charge < -0.3 is 15.6 Å². The van der Waals surface area contributed by atoms with Crippen LogP contribution in [0.2, 0.25) is 0 Å². The summed E-state index contributed by atoms with van der Waals surface area (Å²) in [6, 6.07) is 3.60. The molecule has 2 rings (SSSR count). The molecule has 1 aromatic carbocycles. The van der Waals surface area contributed by atoms with Crippen molar-refractivity contribution in [1.29, 1.82) is 0 Å². The van der Waals surface area contributed by atoms with Gasteiger partial charge in [-0.2, -0.15) is 0 Å². The standard InChI is InChI=1S/C13H18BrNO2/c1-8-4-10(12(15)6-16)13(11(14)5-8)17-7-9-2-3-9/h4-5,9,12,16H,2-3,6-7,15H2,1H3. The monoisotopic (exact) mass is 299 g/mol. The summed E-state index contributed by atoms with van der Waals surface area (Å²) in [7, 11) is 0. The molecule has 1 saturated carbocycles. The highest BCUT2D eigenvalue weighted by molar-refractivity contribution is 9.10. The Kier molecular flexibility index (Phi) is 4.07. The zero-order chi connectivity index (χ0) is 12.4. The minimum Gasteiger partial charge on any atom is -0.492 e. The average Bonchev–Trinajstić information content (AvgIpc) is 3.09. The van der Waals surface area contributed by atoms with Crippen LogP contribution in [0.1, 0.15) is 30.0 Å². The van der Waals surface area contributed by atoms with E-state index in [9.17, 15) is 5.11 Å². The number of nitrogens with two attached hydrogens (primary N) is 1. The van der Waals surface area contributed by atoms with Gasteiger partial charge in [-0.05, 0) is 53.2 Å². The molecule has 94 valence electrons. The minimum atomic E-state index is -0.389. The molecular weight excluding hydrogens is 282 g/mol. The fraction of sp³-hybridized carbons (Fsp3) is 0.538. The van der Waals surface area contributed by atoms with Gasteiger partial charge in [0.05, 0.1) is 23.7 Å². The number of rotatable bonds is 5. The van der Waals surface area contributed by atoms with Crippen LogP contribution >= 0.6 is 15.9 Å². The average molecular weight is 300 g/mol. The molecule has 1 unspecified atom stereocenters. The molecule has 1 atom stereocenters. The lowest BCUT2D eigenvalue weighted by Gasteiger charge is -2.17. The van der Waals surface area contributed by atoms with Crippen LogP contribution in [0.25, 0.3) is 0 Å². The van der Waals surface area contributed by atoms with Crippen molar-refractivity contribution < 1.29 is 9.84 Å². The molecule has 0 radical (unpaired) electrons. The van der Waals surface area contributed by atoms with E-state index in [0.29, 0.717) is 5.92 Å². The van der Waals surface area contributed by atoms with Gasteiger partial charge in [0.25, 0.3) is 0 Å². The number of aliphatic hydroxyl groups excluding tert-OH is 1. The Morgan fingerprint density at radius 2 is 2.24 bits per heavy atom. The van der Waals surface area contributed by atoms with Gasteiger partial charge >= 0.3 is 0 Å². The Balaban J connectivity index is 2.24. The van der Waals surface area contributed by atoms with Crippen LogP contribution in [0, 0.1) is 12.8 Å². The van der Waals surface area contributed by atoms with Gasteiger partial charge in [-0.25, -0.2) is 0 Å². The predicted molar refractivity (Wildman–Crippen MR) is 71.1 cm³/mol. The SMILES string of the molecule is Cc1cc(Br)c(OCC2CC2)c(C(N)CO)c1. The van der Waals surface area contributed by atoms with E-state index in [2.05, 4.69) is 15.9 Å². The van der Waals surface area contributed by atoms with E-state index in [1.54, 1.807) is 0 Å². The van der Waals surface area contributed by atoms with Gasteiger partial charge in [0.1, 0.15) is 5.75 Å². The van der Waals surface area contributed by atoms with E-state index in [-0.39, 0.29) is 12.6 Å². The molecule has 1 aromatic rings. The summed E-state index contributed by atoms with van der Waals surface area (Å²) in [6.45, 7) is 2.67. The maximum Gasteiger partial charge on any atom is 0.138 e. The minimum absolute atomic E-state index is 0.0737. The highest BCUT2D eigenvalue weighted by Crippen LogP contribution is 2.36. The maximum atomic E-state index is 9.19. The number of hydrogen-bond acceptors (Lipinski definition) is 3. The van der Waals surface area contributed by atoms with Crippen molar-refractivity contribution in [2.24, 2.45) is 11.7 Å². The third-order valence-electron chi connectivity index (χ3n) is 2.97. The van der Waals surface area contributed by atoms with E-state index < -0.39 is 0 Å². The first-order chi connectivity index (χ1) is 8.11. The molecule has 3 N–H and O–H groups in total. The van der Waals surface area contributed by atoms with Crippen LogP contribution in [-0.2, 0) is 0 Å². The molecule has 0 spiro atoms. The fourth-order valence-corrected chi connectivity index (χ4v) is 2.47. The van der Waals surface area contributed by atoms with E-state index >= 15 is 0 Å². The Morgan fingerprint density at radius 1 is 1.53 bits per heavy atom. The van der Waals surface area contributed by atoms with E-state index in [4.69, 9.17) is 10.5 Å². The van der Waals surface area contributed by atoms with Crippen molar-refractivity contribution in [3.63, 3.8) is 0 Å². The number of hydrogen-bond donors (Lipinski definition) is 2. The number of aryl methyl sites for hydroxylation is 1. The molecule has 0 aliphatic heterocycles. The third-order valence-corrected chi connectivity index (χ3v) is 3.56. The van der Waals surface area contributed by atoms with Crippen molar-refractivity contribution in [2.75, 3.05) is 13.2 Å².